The molecule has 0 aliphatic carbocycles. The SMILES string of the molecule is CC(C)OC(=O)C(C)N(C)C(=O)c1n[nH]c2c1CNCC2. The lowest BCUT2D eigenvalue weighted by Gasteiger charge is -2.24. The molecule has 2 rings (SSSR count). The number of esters is 1. The number of amides is 1. The molecule has 1 aromatic heterocycles. The van der Waals surface area contributed by atoms with Gasteiger partial charge in [0, 0.05) is 37.8 Å². The summed E-state index contributed by atoms with van der Waals surface area (Å²) in [5.41, 5.74) is 2.26. The van der Waals surface area contributed by atoms with Crippen molar-refractivity contribution in [2.24, 2.45) is 0 Å². The molecule has 0 aromatic carbocycles. The highest BCUT2D eigenvalue weighted by Gasteiger charge is 2.29. The van der Waals surface area contributed by atoms with Crippen molar-refractivity contribution in [2.45, 2.75) is 45.9 Å². The van der Waals surface area contributed by atoms with Crippen molar-refractivity contribution >= 4 is 11.9 Å². The van der Waals surface area contributed by atoms with Gasteiger partial charge in [-0.05, 0) is 20.8 Å². The normalized spacial score (nSPS) is 15.5. The van der Waals surface area contributed by atoms with Crippen LogP contribution in [0.5, 0.6) is 0 Å². The zero-order chi connectivity index (χ0) is 15.6. The summed E-state index contributed by atoms with van der Waals surface area (Å²) in [4.78, 5) is 25.8. The molecule has 2 N–H and O–H groups in total. The van der Waals surface area contributed by atoms with Crippen molar-refractivity contribution < 1.29 is 14.3 Å². The predicted octanol–water partition coefficient (Wildman–Crippen LogP) is 0.468. The fourth-order valence-corrected chi connectivity index (χ4v) is 2.23. The number of ether oxygens (including phenoxy) is 1. The second-order valence-electron chi connectivity index (χ2n) is 5.53. The predicted molar refractivity (Wildman–Crippen MR) is 76.8 cm³/mol. The topological polar surface area (TPSA) is 87.3 Å². The Kier molecular flexibility index (Phi) is 4.62. The minimum Gasteiger partial charge on any atom is -0.461 e. The molecule has 1 unspecified atom stereocenters. The van der Waals surface area contributed by atoms with Crippen molar-refractivity contribution in [1.82, 2.24) is 20.4 Å². The Bertz CT molecular complexity index is 538. The van der Waals surface area contributed by atoms with E-state index in [0.717, 1.165) is 24.2 Å². The number of H-pyrrole nitrogens is 1. The van der Waals surface area contributed by atoms with Crippen molar-refractivity contribution in [3.05, 3.63) is 17.0 Å². The first-order chi connectivity index (χ1) is 9.91. The van der Waals surface area contributed by atoms with E-state index in [1.54, 1.807) is 27.8 Å². The van der Waals surface area contributed by atoms with Gasteiger partial charge in [-0.15, -0.1) is 0 Å². The highest BCUT2D eigenvalue weighted by Crippen LogP contribution is 2.17. The van der Waals surface area contributed by atoms with Gasteiger partial charge in [-0.1, -0.05) is 0 Å². The monoisotopic (exact) mass is 294 g/mol. The summed E-state index contributed by atoms with van der Waals surface area (Å²) >= 11 is 0. The summed E-state index contributed by atoms with van der Waals surface area (Å²) in [5, 5.41) is 10.2. The second-order valence-corrected chi connectivity index (χ2v) is 5.53. The summed E-state index contributed by atoms with van der Waals surface area (Å²) in [6.07, 6.45) is 0.621. The standard InChI is InChI=1S/C14H22N4O3/c1-8(2)21-14(20)9(3)18(4)13(19)12-10-7-15-6-5-11(10)16-17-12/h8-9,15H,5-7H2,1-4H3,(H,16,17). The third kappa shape index (κ3) is 3.24. The average molecular weight is 294 g/mol. The molecule has 0 spiro atoms. The minimum atomic E-state index is -0.649. The molecule has 1 aromatic rings. The van der Waals surface area contributed by atoms with Crippen molar-refractivity contribution in [1.29, 1.82) is 0 Å². The number of carbonyl (C=O) groups is 2. The van der Waals surface area contributed by atoms with E-state index >= 15 is 0 Å². The summed E-state index contributed by atoms with van der Waals surface area (Å²) < 4.78 is 5.14. The van der Waals surface area contributed by atoms with Crippen LogP contribution in [0.1, 0.15) is 42.5 Å². The number of aromatic amines is 1. The minimum absolute atomic E-state index is 0.203. The first kappa shape index (κ1) is 15.5. The number of aromatic nitrogens is 2. The van der Waals surface area contributed by atoms with Gasteiger partial charge >= 0.3 is 5.97 Å². The van der Waals surface area contributed by atoms with Crippen molar-refractivity contribution in [3.8, 4) is 0 Å². The molecule has 0 saturated carbocycles. The van der Waals surface area contributed by atoms with Crippen molar-refractivity contribution in [2.75, 3.05) is 13.6 Å². The van der Waals surface area contributed by atoms with Crippen molar-refractivity contribution in [3.63, 3.8) is 0 Å². The fourth-order valence-electron chi connectivity index (χ4n) is 2.23. The number of carbonyl (C=O) groups excluding carboxylic acids is 2. The Morgan fingerprint density at radius 3 is 2.71 bits per heavy atom. The largest absolute Gasteiger partial charge is 0.461 e. The van der Waals surface area contributed by atoms with Crippen LogP contribution in [0, 0.1) is 0 Å². The van der Waals surface area contributed by atoms with Gasteiger partial charge < -0.3 is 15.0 Å². The molecule has 116 valence electrons. The van der Waals surface area contributed by atoms with E-state index in [0.29, 0.717) is 12.2 Å². The molecule has 1 amide bonds. The average Bonchev–Trinajstić information content (AvgIpc) is 2.88. The van der Waals surface area contributed by atoms with Gasteiger partial charge in [-0.2, -0.15) is 5.10 Å². The van der Waals surface area contributed by atoms with E-state index in [1.165, 1.54) is 4.90 Å². The maximum Gasteiger partial charge on any atom is 0.328 e. The van der Waals surface area contributed by atoms with Gasteiger partial charge in [0.25, 0.3) is 5.91 Å². The maximum absolute atomic E-state index is 12.5. The number of hydrogen-bond donors (Lipinski definition) is 2. The molecule has 0 saturated heterocycles. The van der Waals surface area contributed by atoms with Gasteiger partial charge in [-0.3, -0.25) is 9.89 Å². The number of hydrogen-bond acceptors (Lipinski definition) is 5. The smallest absolute Gasteiger partial charge is 0.328 e. The van der Waals surface area contributed by atoms with Crippen LogP contribution < -0.4 is 5.32 Å². The van der Waals surface area contributed by atoms with Crippen LogP contribution in [0.15, 0.2) is 0 Å². The van der Waals surface area contributed by atoms with Crippen LogP contribution in [0.25, 0.3) is 0 Å². The zero-order valence-corrected chi connectivity index (χ0v) is 12.9. The summed E-state index contributed by atoms with van der Waals surface area (Å²) in [7, 11) is 1.59. The Balaban J connectivity index is 2.12. The van der Waals surface area contributed by atoms with Crippen LogP contribution >= 0.6 is 0 Å². The van der Waals surface area contributed by atoms with E-state index in [1.807, 2.05) is 0 Å². The molecule has 1 aliphatic heterocycles. The number of nitrogens with zero attached hydrogens (tertiary/aromatic N) is 2. The molecule has 21 heavy (non-hydrogen) atoms. The lowest BCUT2D eigenvalue weighted by molar-refractivity contribution is -0.151. The Hall–Kier alpha value is -1.89. The Morgan fingerprint density at radius 1 is 1.33 bits per heavy atom. The zero-order valence-electron chi connectivity index (χ0n) is 12.9. The van der Waals surface area contributed by atoms with Gasteiger partial charge in [0.15, 0.2) is 5.69 Å². The van der Waals surface area contributed by atoms with Gasteiger partial charge in [-0.25, -0.2) is 4.79 Å². The second kappa shape index (κ2) is 6.26. The summed E-state index contributed by atoms with van der Waals surface area (Å²) in [6, 6.07) is -0.649. The molecule has 1 aliphatic rings. The van der Waals surface area contributed by atoms with Crippen LogP contribution in [-0.2, 0) is 22.5 Å². The third-order valence-corrected chi connectivity index (χ3v) is 3.60. The van der Waals surface area contributed by atoms with E-state index in [4.69, 9.17) is 4.74 Å². The van der Waals surface area contributed by atoms with Gasteiger partial charge in [0.1, 0.15) is 6.04 Å². The van der Waals surface area contributed by atoms with E-state index < -0.39 is 12.0 Å². The first-order valence-corrected chi connectivity index (χ1v) is 7.16. The van der Waals surface area contributed by atoms with Crippen LogP contribution in [0.2, 0.25) is 0 Å². The summed E-state index contributed by atoms with van der Waals surface area (Å²) in [5.74, 6) is -0.687. The highest BCUT2D eigenvalue weighted by atomic mass is 16.5. The van der Waals surface area contributed by atoms with Crippen LogP contribution in [0.4, 0.5) is 0 Å². The van der Waals surface area contributed by atoms with Gasteiger partial charge in [0.05, 0.1) is 6.10 Å². The summed E-state index contributed by atoms with van der Waals surface area (Å²) in [6.45, 7) is 6.70. The van der Waals surface area contributed by atoms with E-state index in [2.05, 4.69) is 15.5 Å². The highest BCUT2D eigenvalue weighted by molar-refractivity contribution is 5.96. The number of fused-ring (bicyclic) bond motifs is 1. The molecular weight excluding hydrogens is 272 g/mol. The van der Waals surface area contributed by atoms with E-state index in [9.17, 15) is 9.59 Å². The Morgan fingerprint density at radius 2 is 2.05 bits per heavy atom. The molecule has 7 nitrogen and oxygen atoms in total. The molecule has 0 bridgehead atoms. The molecule has 2 heterocycles. The number of nitrogens with one attached hydrogen (secondary N) is 2. The maximum atomic E-state index is 12.5. The molecular formula is C14H22N4O3. The number of rotatable bonds is 4. The molecule has 1 atom stereocenters. The number of likely N-dealkylation sites (N-methyl/N-ethyl adjacent to an activating group) is 1. The van der Waals surface area contributed by atoms with Gasteiger partial charge in [0.2, 0.25) is 0 Å². The first-order valence-electron chi connectivity index (χ1n) is 7.16. The third-order valence-electron chi connectivity index (χ3n) is 3.60. The fraction of sp³-hybridized carbons (Fsp3) is 0.643. The molecule has 0 radical (unpaired) electrons. The quantitative estimate of drug-likeness (QED) is 0.788. The lowest BCUT2D eigenvalue weighted by Crippen LogP contribution is -2.42. The molecule has 0 fully saturated rings. The molecule has 7 heteroatoms. The Labute approximate surface area is 124 Å². The van der Waals surface area contributed by atoms with E-state index in [-0.39, 0.29) is 12.0 Å². The van der Waals surface area contributed by atoms with Crippen LogP contribution in [0.3, 0.4) is 0 Å². The van der Waals surface area contributed by atoms with Crippen LogP contribution in [-0.4, -0.2) is 52.7 Å². The lowest BCUT2D eigenvalue weighted by atomic mass is 10.1.